The second-order valence-electron chi connectivity index (χ2n) is 7.43. The van der Waals surface area contributed by atoms with E-state index in [1.165, 1.54) is 27.7 Å². The molecule has 1 amide bonds. The molecule has 0 radical (unpaired) electrons. The van der Waals surface area contributed by atoms with E-state index in [0.29, 0.717) is 12.8 Å². The van der Waals surface area contributed by atoms with Crippen molar-refractivity contribution in [2.45, 2.75) is 77.7 Å². The molecule has 5 atom stereocenters. The Morgan fingerprint density at radius 2 is 1.52 bits per heavy atom. The summed E-state index contributed by atoms with van der Waals surface area (Å²) in [4.78, 5) is 57.2. The predicted octanol–water partition coefficient (Wildman–Crippen LogP) is 0.578. The summed E-state index contributed by atoms with van der Waals surface area (Å²) in [5.74, 6) is -3.65. The molecule has 0 saturated heterocycles. The third-order valence-corrected chi connectivity index (χ3v) is 4.67. The van der Waals surface area contributed by atoms with Crippen LogP contribution in [0.4, 0.5) is 0 Å². The van der Waals surface area contributed by atoms with Crippen molar-refractivity contribution in [2.24, 2.45) is 5.92 Å². The van der Waals surface area contributed by atoms with E-state index < -0.39 is 60.1 Å². The van der Waals surface area contributed by atoms with Gasteiger partial charge in [0, 0.05) is 46.6 Å². The lowest BCUT2D eigenvalue weighted by Gasteiger charge is -2.45. The van der Waals surface area contributed by atoms with Crippen molar-refractivity contribution in [3.8, 4) is 0 Å². The zero-order valence-corrected chi connectivity index (χ0v) is 18.3. The van der Waals surface area contributed by atoms with Crippen LogP contribution >= 0.6 is 0 Å². The van der Waals surface area contributed by atoms with Crippen molar-refractivity contribution in [1.82, 2.24) is 5.32 Å². The van der Waals surface area contributed by atoms with Crippen LogP contribution in [0.3, 0.4) is 0 Å². The Bertz CT molecular complexity index is 664. The van der Waals surface area contributed by atoms with Crippen LogP contribution in [0.15, 0.2) is 0 Å². The summed E-state index contributed by atoms with van der Waals surface area (Å²) in [5.41, 5.74) is 0. The Kier molecular flexibility index (Phi) is 10.9. The van der Waals surface area contributed by atoms with Gasteiger partial charge in [-0.15, -0.1) is 0 Å². The van der Waals surface area contributed by atoms with E-state index in [1.807, 2.05) is 0 Å². The predicted molar refractivity (Wildman–Crippen MR) is 105 cm³/mol. The van der Waals surface area contributed by atoms with Gasteiger partial charge < -0.3 is 29.4 Å². The zero-order chi connectivity index (χ0) is 23.6. The molecule has 11 heteroatoms. The van der Waals surface area contributed by atoms with Crippen molar-refractivity contribution in [3.05, 3.63) is 0 Å². The fourth-order valence-electron chi connectivity index (χ4n) is 3.53. The second kappa shape index (κ2) is 12.9. The van der Waals surface area contributed by atoms with Gasteiger partial charge in [-0.1, -0.05) is 0 Å². The summed E-state index contributed by atoms with van der Waals surface area (Å²) >= 11 is 0. The molecule has 1 saturated carbocycles. The first-order valence-corrected chi connectivity index (χ1v) is 10.1. The number of rotatable bonds is 11. The number of carbonyl (C=O) groups excluding carboxylic acids is 4. The van der Waals surface area contributed by atoms with Gasteiger partial charge in [-0.05, 0) is 19.3 Å². The second-order valence-corrected chi connectivity index (χ2v) is 7.43. The van der Waals surface area contributed by atoms with Crippen LogP contribution in [0.1, 0.15) is 53.4 Å². The van der Waals surface area contributed by atoms with Crippen LogP contribution in [-0.2, 0) is 42.9 Å². The molecular formula is C20H31NO10. The highest BCUT2D eigenvalue weighted by Gasteiger charge is 2.50. The highest BCUT2D eigenvalue weighted by atomic mass is 16.6. The average Bonchev–Trinajstić information content (AvgIpc) is 2.62. The van der Waals surface area contributed by atoms with E-state index in [9.17, 15) is 24.0 Å². The number of ether oxygens (including phenoxy) is 4. The van der Waals surface area contributed by atoms with Crippen LogP contribution in [0, 0.1) is 5.92 Å². The van der Waals surface area contributed by atoms with Crippen LogP contribution in [0.25, 0.3) is 0 Å². The van der Waals surface area contributed by atoms with Gasteiger partial charge in [0.25, 0.3) is 0 Å². The third-order valence-electron chi connectivity index (χ3n) is 4.67. The molecule has 0 aliphatic heterocycles. The molecule has 0 bridgehead atoms. The first kappa shape index (κ1) is 26.3. The number of nitrogens with one attached hydrogen (secondary N) is 1. The number of unbranched alkanes of at least 4 members (excludes halogenated alkanes) is 1. The highest BCUT2D eigenvalue weighted by molar-refractivity contribution is 5.73. The number of hydrogen-bond donors (Lipinski definition) is 2. The SMILES string of the molecule is CC(=O)N[C@H]1C(OC(C)=O)[C@@H](OC(C)=O)C(COC(C)=O)C[C@H]1OCCCCC(=O)O. The van der Waals surface area contributed by atoms with Gasteiger partial charge in [-0.2, -0.15) is 0 Å². The first-order valence-electron chi connectivity index (χ1n) is 10.1. The normalized spacial score (nSPS) is 25.2. The maximum Gasteiger partial charge on any atom is 0.303 e. The molecule has 0 aromatic heterocycles. The average molecular weight is 445 g/mol. The van der Waals surface area contributed by atoms with E-state index in [0.717, 1.165) is 0 Å². The van der Waals surface area contributed by atoms with E-state index in [4.69, 9.17) is 24.1 Å². The zero-order valence-electron chi connectivity index (χ0n) is 18.3. The van der Waals surface area contributed by atoms with Crippen LogP contribution in [0.5, 0.6) is 0 Å². The fraction of sp³-hybridized carbons (Fsp3) is 0.750. The number of carboxylic acids is 1. The molecule has 0 aromatic rings. The van der Waals surface area contributed by atoms with Gasteiger partial charge in [0.1, 0.15) is 6.10 Å². The summed E-state index contributed by atoms with van der Waals surface area (Å²) < 4.78 is 21.8. The van der Waals surface area contributed by atoms with E-state index in [2.05, 4.69) is 5.32 Å². The Morgan fingerprint density at radius 3 is 2.03 bits per heavy atom. The van der Waals surface area contributed by atoms with E-state index in [1.54, 1.807) is 0 Å². The Labute approximate surface area is 180 Å². The summed E-state index contributed by atoms with van der Waals surface area (Å²) in [6, 6.07) is -0.821. The standard InChI is InChI=1S/C20H31NO10/c1-11(22)21-18-16(28-8-6-5-7-17(26)27)9-15(10-29-12(2)23)19(30-13(3)24)20(18)31-14(4)25/h15-16,18-20H,5-10H2,1-4H3,(H,21,22)(H,26,27)/t15?,16-,18-,19+,20?/m1/s1. The molecule has 11 nitrogen and oxygen atoms in total. The number of amides is 1. The Balaban J connectivity index is 3.11. The van der Waals surface area contributed by atoms with Gasteiger partial charge in [0.2, 0.25) is 5.91 Å². The van der Waals surface area contributed by atoms with Gasteiger partial charge in [0.15, 0.2) is 6.10 Å². The molecular weight excluding hydrogens is 414 g/mol. The third kappa shape index (κ3) is 9.77. The molecule has 1 aliphatic rings. The van der Waals surface area contributed by atoms with Crippen LogP contribution in [0.2, 0.25) is 0 Å². The fourth-order valence-corrected chi connectivity index (χ4v) is 3.53. The van der Waals surface area contributed by atoms with E-state index in [-0.39, 0.29) is 26.1 Å². The van der Waals surface area contributed by atoms with Crippen molar-refractivity contribution in [1.29, 1.82) is 0 Å². The molecule has 0 spiro atoms. The van der Waals surface area contributed by atoms with Gasteiger partial charge >= 0.3 is 23.9 Å². The molecule has 1 fully saturated rings. The quantitative estimate of drug-likeness (QED) is 0.262. The van der Waals surface area contributed by atoms with Crippen molar-refractivity contribution in [2.75, 3.05) is 13.2 Å². The number of carbonyl (C=O) groups is 5. The van der Waals surface area contributed by atoms with Crippen molar-refractivity contribution in [3.63, 3.8) is 0 Å². The lowest BCUT2D eigenvalue weighted by Crippen LogP contribution is -2.63. The lowest BCUT2D eigenvalue weighted by molar-refractivity contribution is -0.193. The number of aliphatic carboxylic acids is 1. The van der Waals surface area contributed by atoms with Crippen LogP contribution in [-0.4, -0.2) is 72.5 Å². The minimum absolute atomic E-state index is 0.00280. The monoisotopic (exact) mass is 445 g/mol. The molecule has 0 aromatic carbocycles. The first-order chi connectivity index (χ1) is 14.5. The van der Waals surface area contributed by atoms with Gasteiger partial charge in [0.05, 0.1) is 18.8 Å². The van der Waals surface area contributed by atoms with Gasteiger partial charge in [-0.25, -0.2) is 0 Å². The molecule has 2 N–H and O–H groups in total. The Morgan fingerprint density at radius 1 is 0.903 bits per heavy atom. The summed E-state index contributed by atoms with van der Waals surface area (Å²) in [6.45, 7) is 5.03. The minimum Gasteiger partial charge on any atom is -0.481 e. The van der Waals surface area contributed by atoms with Crippen molar-refractivity contribution >= 4 is 29.8 Å². The topological polar surface area (TPSA) is 155 Å². The maximum absolute atomic E-state index is 11.8. The number of hydrogen-bond acceptors (Lipinski definition) is 9. The summed E-state index contributed by atoms with van der Waals surface area (Å²) in [7, 11) is 0. The van der Waals surface area contributed by atoms with Crippen molar-refractivity contribution < 1.29 is 48.0 Å². The maximum atomic E-state index is 11.8. The molecule has 31 heavy (non-hydrogen) atoms. The Hall–Kier alpha value is -2.69. The van der Waals surface area contributed by atoms with Gasteiger partial charge in [-0.3, -0.25) is 24.0 Å². The lowest BCUT2D eigenvalue weighted by atomic mass is 9.79. The molecule has 0 heterocycles. The molecule has 2 unspecified atom stereocenters. The highest BCUT2D eigenvalue weighted by Crippen LogP contribution is 2.33. The van der Waals surface area contributed by atoms with Crippen LogP contribution < -0.4 is 5.32 Å². The molecule has 176 valence electrons. The summed E-state index contributed by atoms with van der Waals surface area (Å²) in [6.07, 6.45) is -1.56. The number of carboxylic acid groups (broad SMARTS) is 1. The largest absolute Gasteiger partial charge is 0.481 e. The minimum atomic E-state index is -1.07. The summed E-state index contributed by atoms with van der Waals surface area (Å²) in [5, 5.41) is 11.4. The molecule has 1 rings (SSSR count). The number of esters is 3. The smallest absolute Gasteiger partial charge is 0.303 e. The van der Waals surface area contributed by atoms with E-state index >= 15 is 0 Å². The molecule has 1 aliphatic carbocycles.